The van der Waals surface area contributed by atoms with E-state index in [4.69, 9.17) is 0 Å². The lowest BCUT2D eigenvalue weighted by atomic mass is 10.1. The Kier molecular flexibility index (Phi) is 3.00. The Morgan fingerprint density at radius 2 is 2.31 bits per heavy atom. The maximum Gasteiger partial charge on any atom is 0.273 e. The van der Waals surface area contributed by atoms with Crippen LogP contribution < -0.4 is 5.32 Å². The van der Waals surface area contributed by atoms with Crippen LogP contribution >= 0.6 is 0 Å². The second-order valence-corrected chi connectivity index (χ2v) is 3.56. The molecule has 1 aromatic heterocycles. The van der Waals surface area contributed by atoms with Crippen molar-refractivity contribution in [3.63, 3.8) is 0 Å². The SMILES string of the molecule is Cc1cccc(CNC(=O)c2ccon2)c1. The molecule has 0 atom stereocenters. The molecule has 1 N–H and O–H groups in total. The topological polar surface area (TPSA) is 55.1 Å². The molecule has 2 aromatic rings. The van der Waals surface area contributed by atoms with Crippen molar-refractivity contribution in [2.75, 3.05) is 0 Å². The third-order valence-corrected chi connectivity index (χ3v) is 2.21. The van der Waals surface area contributed by atoms with Crippen molar-refractivity contribution < 1.29 is 9.32 Å². The fraction of sp³-hybridized carbons (Fsp3) is 0.167. The lowest BCUT2D eigenvalue weighted by Crippen LogP contribution is -2.23. The molecule has 0 fully saturated rings. The molecule has 0 aliphatic rings. The fourth-order valence-corrected chi connectivity index (χ4v) is 1.42. The predicted octanol–water partition coefficient (Wildman–Crippen LogP) is 1.91. The molecule has 1 aromatic carbocycles. The molecule has 0 aliphatic carbocycles. The molecule has 1 amide bonds. The molecular formula is C12H12N2O2. The van der Waals surface area contributed by atoms with E-state index in [9.17, 15) is 4.79 Å². The van der Waals surface area contributed by atoms with E-state index in [2.05, 4.69) is 15.0 Å². The van der Waals surface area contributed by atoms with Crippen LogP contribution in [0.1, 0.15) is 21.6 Å². The van der Waals surface area contributed by atoms with Crippen LogP contribution in [0.5, 0.6) is 0 Å². The van der Waals surface area contributed by atoms with E-state index in [0.29, 0.717) is 12.2 Å². The van der Waals surface area contributed by atoms with Crippen molar-refractivity contribution in [3.05, 3.63) is 53.4 Å². The first-order valence-electron chi connectivity index (χ1n) is 5.00. The van der Waals surface area contributed by atoms with E-state index in [0.717, 1.165) is 5.56 Å². The van der Waals surface area contributed by atoms with Crippen molar-refractivity contribution in [2.45, 2.75) is 13.5 Å². The van der Waals surface area contributed by atoms with Gasteiger partial charge in [0.05, 0.1) is 0 Å². The highest BCUT2D eigenvalue weighted by Gasteiger charge is 2.07. The van der Waals surface area contributed by atoms with Gasteiger partial charge in [0.1, 0.15) is 6.26 Å². The Morgan fingerprint density at radius 1 is 1.44 bits per heavy atom. The number of amides is 1. The van der Waals surface area contributed by atoms with Crippen molar-refractivity contribution >= 4 is 5.91 Å². The van der Waals surface area contributed by atoms with Crippen molar-refractivity contribution in [1.29, 1.82) is 0 Å². The summed E-state index contributed by atoms with van der Waals surface area (Å²) in [6.07, 6.45) is 1.38. The van der Waals surface area contributed by atoms with Gasteiger partial charge in [-0.15, -0.1) is 0 Å². The summed E-state index contributed by atoms with van der Waals surface area (Å²) < 4.78 is 4.60. The summed E-state index contributed by atoms with van der Waals surface area (Å²) >= 11 is 0. The zero-order valence-corrected chi connectivity index (χ0v) is 8.93. The fourth-order valence-electron chi connectivity index (χ4n) is 1.42. The molecule has 4 nitrogen and oxygen atoms in total. The molecule has 4 heteroatoms. The Labute approximate surface area is 93.3 Å². The summed E-state index contributed by atoms with van der Waals surface area (Å²) in [6, 6.07) is 9.51. The lowest BCUT2D eigenvalue weighted by Gasteiger charge is -2.03. The van der Waals surface area contributed by atoms with Crippen LogP contribution in [0.2, 0.25) is 0 Å². The van der Waals surface area contributed by atoms with E-state index in [1.165, 1.54) is 17.9 Å². The van der Waals surface area contributed by atoms with E-state index in [1.807, 2.05) is 31.2 Å². The monoisotopic (exact) mass is 216 g/mol. The van der Waals surface area contributed by atoms with Gasteiger partial charge in [0.25, 0.3) is 5.91 Å². The first-order chi connectivity index (χ1) is 7.75. The van der Waals surface area contributed by atoms with E-state index in [1.54, 1.807) is 0 Å². The summed E-state index contributed by atoms with van der Waals surface area (Å²) in [5, 5.41) is 6.33. The molecule has 0 saturated carbocycles. The number of hydrogen-bond acceptors (Lipinski definition) is 3. The van der Waals surface area contributed by atoms with Crippen LogP contribution in [0.3, 0.4) is 0 Å². The number of nitrogens with zero attached hydrogens (tertiary/aromatic N) is 1. The summed E-state index contributed by atoms with van der Waals surface area (Å²) in [4.78, 5) is 11.5. The molecule has 0 bridgehead atoms. The molecule has 0 unspecified atom stereocenters. The maximum atomic E-state index is 11.5. The van der Waals surface area contributed by atoms with Gasteiger partial charge in [-0.3, -0.25) is 4.79 Å². The molecule has 0 aliphatic heterocycles. The van der Waals surface area contributed by atoms with E-state index < -0.39 is 0 Å². The van der Waals surface area contributed by atoms with Crippen molar-refractivity contribution in [3.8, 4) is 0 Å². The van der Waals surface area contributed by atoms with Gasteiger partial charge < -0.3 is 9.84 Å². The van der Waals surface area contributed by atoms with Gasteiger partial charge in [0, 0.05) is 12.6 Å². The highest BCUT2D eigenvalue weighted by molar-refractivity contribution is 5.91. The molecule has 0 spiro atoms. The minimum atomic E-state index is -0.227. The van der Waals surface area contributed by atoms with Crippen LogP contribution in [0.25, 0.3) is 0 Å². The van der Waals surface area contributed by atoms with Crippen LogP contribution in [0.15, 0.2) is 41.1 Å². The molecule has 82 valence electrons. The van der Waals surface area contributed by atoms with Crippen LogP contribution in [0.4, 0.5) is 0 Å². The Hall–Kier alpha value is -2.10. The van der Waals surface area contributed by atoms with Crippen molar-refractivity contribution in [2.24, 2.45) is 0 Å². The number of rotatable bonds is 3. The van der Waals surface area contributed by atoms with Crippen LogP contribution in [-0.4, -0.2) is 11.1 Å². The normalized spacial score (nSPS) is 10.1. The summed E-state index contributed by atoms with van der Waals surface area (Å²) in [5.74, 6) is -0.227. The van der Waals surface area contributed by atoms with Gasteiger partial charge >= 0.3 is 0 Å². The first kappa shape index (κ1) is 10.4. The van der Waals surface area contributed by atoms with E-state index in [-0.39, 0.29) is 5.91 Å². The number of carbonyl (C=O) groups is 1. The van der Waals surface area contributed by atoms with Gasteiger partial charge in [0.15, 0.2) is 5.69 Å². The average molecular weight is 216 g/mol. The van der Waals surface area contributed by atoms with Gasteiger partial charge in [-0.05, 0) is 12.5 Å². The number of aryl methyl sites for hydroxylation is 1. The smallest absolute Gasteiger partial charge is 0.273 e. The summed E-state index contributed by atoms with van der Waals surface area (Å²) in [5.41, 5.74) is 2.54. The highest BCUT2D eigenvalue weighted by atomic mass is 16.5. The predicted molar refractivity (Wildman–Crippen MR) is 58.9 cm³/mol. The maximum absolute atomic E-state index is 11.5. The number of benzene rings is 1. The van der Waals surface area contributed by atoms with E-state index >= 15 is 0 Å². The molecule has 2 rings (SSSR count). The second kappa shape index (κ2) is 4.61. The highest BCUT2D eigenvalue weighted by Crippen LogP contribution is 2.03. The number of aromatic nitrogens is 1. The second-order valence-electron chi connectivity index (χ2n) is 3.56. The minimum absolute atomic E-state index is 0.227. The van der Waals surface area contributed by atoms with Gasteiger partial charge in [0.2, 0.25) is 0 Å². The van der Waals surface area contributed by atoms with Crippen LogP contribution in [0, 0.1) is 6.92 Å². The minimum Gasteiger partial charge on any atom is -0.364 e. The number of hydrogen-bond donors (Lipinski definition) is 1. The first-order valence-corrected chi connectivity index (χ1v) is 5.00. The molecule has 1 heterocycles. The Bertz CT molecular complexity index is 478. The third-order valence-electron chi connectivity index (χ3n) is 2.21. The Morgan fingerprint density at radius 3 is 3.00 bits per heavy atom. The quantitative estimate of drug-likeness (QED) is 0.852. The summed E-state index contributed by atoms with van der Waals surface area (Å²) in [7, 11) is 0. The number of carbonyl (C=O) groups excluding carboxylic acids is 1. The molecule has 0 saturated heterocycles. The zero-order valence-electron chi connectivity index (χ0n) is 8.93. The molecular weight excluding hydrogens is 204 g/mol. The van der Waals surface area contributed by atoms with Gasteiger partial charge in [-0.2, -0.15) is 0 Å². The van der Waals surface area contributed by atoms with Gasteiger partial charge in [-0.1, -0.05) is 35.0 Å². The van der Waals surface area contributed by atoms with Gasteiger partial charge in [-0.25, -0.2) is 0 Å². The zero-order chi connectivity index (χ0) is 11.4. The number of nitrogens with one attached hydrogen (secondary N) is 1. The third kappa shape index (κ3) is 2.48. The molecule has 16 heavy (non-hydrogen) atoms. The summed E-state index contributed by atoms with van der Waals surface area (Å²) in [6.45, 7) is 2.51. The average Bonchev–Trinajstić information content (AvgIpc) is 2.79. The van der Waals surface area contributed by atoms with Crippen LogP contribution in [-0.2, 0) is 6.54 Å². The Balaban J connectivity index is 1.95. The largest absolute Gasteiger partial charge is 0.364 e. The van der Waals surface area contributed by atoms with Crippen molar-refractivity contribution in [1.82, 2.24) is 10.5 Å². The lowest BCUT2D eigenvalue weighted by molar-refractivity contribution is 0.0942. The molecule has 0 radical (unpaired) electrons. The standard InChI is InChI=1S/C12H12N2O2/c1-9-3-2-4-10(7-9)8-13-12(15)11-5-6-16-14-11/h2-7H,8H2,1H3,(H,13,15).